The number of aromatic nitrogens is 3. The van der Waals surface area contributed by atoms with Gasteiger partial charge in [0.1, 0.15) is 18.7 Å². The number of nitrogens with one attached hydrogen (secondary N) is 2. The molecular formula is C21H30F3IN6. The van der Waals surface area contributed by atoms with Gasteiger partial charge in [0, 0.05) is 25.6 Å². The van der Waals surface area contributed by atoms with Crippen LogP contribution in [0.25, 0.3) is 0 Å². The Hall–Kier alpha value is -1.85. The Balaban J connectivity index is 0.00000341. The van der Waals surface area contributed by atoms with E-state index in [4.69, 9.17) is 0 Å². The van der Waals surface area contributed by atoms with Crippen molar-refractivity contribution in [2.24, 2.45) is 12.0 Å². The van der Waals surface area contributed by atoms with E-state index in [1.54, 1.807) is 4.68 Å². The summed E-state index contributed by atoms with van der Waals surface area (Å²) in [5.41, 5.74) is -0.193. The van der Waals surface area contributed by atoms with Crippen molar-refractivity contribution in [1.29, 1.82) is 0 Å². The van der Waals surface area contributed by atoms with E-state index in [1.165, 1.54) is 18.5 Å². The van der Waals surface area contributed by atoms with Crippen LogP contribution in [-0.2, 0) is 25.2 Å². The van der Waals surface area contributed by atoms with Crippen molar-refractivity contribution in [2.45, 2.75) is 57.2 Å². The van der Waals surface area contributed by atoms with E-state index in [-0.39, 0.29) is 29.4 Å². The van der Waals surface area contributed by atoms with Gasteiger partial charge in [-0.1, -0.05) is 37.5 Å². The topological polar surface area (TPSA) is 67.1 Å². The first-order valence-electron chi connectivity index (χ1n) is 10.4. The third-order valence-electron chi connectivity index (χ3n) is 5.74. The Bertz CT molecular complexity index is 859. The molecule has 1 saturated carbocycles. The molecule has 0 saturated heterocycles. The fraction of sp³-hybridized carbons (Fsp3) is 0.571. The number of aryl methyl sites for hydroxylation is 1. The van der Waals surface area contributed by atoms with Crippen LogP contribution in [0.4, 0.5) is 13.2 Å². The number of rotatable bonds is 6. The van der Waals surface area contributed by atoms with E-state index in [0.717, 1.165) is 49.6 Å². The molecule has 1 aromatic carbocycles. The van der Waals surface area contributed by atoms with Gasteiger partial charge < -0.3 is 10.6 Å². The molecule has 6 nitrogen and oxygen atoms in total. The molecule has 0 spiro atoms. The maximum Gasteiger partial charge on any atom is 0.416 e. The van der Waals surface area contributed by atoms with Gasteiger partial charge in [-0.15, -0.1) is 24.0 Å². The minimum Gasteiger partial charge on any atom is -0.357 e. The number of alkyl halides is 3. The van der Waals surface area contributed by atoms with E-state index in [1.807, 2.05) is 20.0 Å². The Kier molecular flexibility index (Phi) is 9.14. The zero-order valence-electron chi connectivity index (χ0n) is 17.9. The Labute approximate surface area is 198 Å². The zero-order chi connectivity index (χ0) is 21.6. The Morgan fingerprint density at radius 3 is 2.55 bits per heavy atom. The summed E-state index contributed by atoms with van der Waals surface area (Å²) in [4.78, 5) is 8.75. The van der Waals surface area contributed by atoms with Gasteiger partial charge in [0.05, 0.1) is 5.56 Å². The third-order valence-corrected chi connectivity index (χ3v) is 5.74. The number of hydrogen-bond donors (Lipinski definition) is 2. The SMILES string of the molecule is CCNC(=NCc1ncnn1C)NCC1(c2cccc(C(F)(F)F)c2)CCCCC1.I. The highest BCUT2D eigenvalue weighted by molar-refractivity contribution is 14.0. The van der Waals surface area contributed by atoms with E-state index in [0.29, 0.717) is 25.6 Å². The fourth-order valence-electron chi connectivity index (χ4n) is 4.03. The van der Waals surface area contributed by atoms with Crippen molar-refractivity contribution in [3.63, 3.8) is 0 Å². The van der Waals surface area contributed by atoms with Crippen LogP contribution >= 0.6 is 24.0 Å². The standard InChI is InChI=1S/C21H29F3N6.HI/c1-3-25-19(26-13-18-28-15-29-30(18)2)27-14-20(10-5-4-6-11-20)16-8-7-9-17(12-16)21(22,23)24;/h7-9,12,15H,3-6,10-11,13-14H2,1-2H3,(H2,25,26,27);1H. The second-order valence-corrected chi connectivity index (χ2v) is 7.77. The van der Waals surface area contributed by atoms with E-state index >= 15 is 0 Å². The molecule has 1 heterocycles. The van der Waals surface area contributed by atoms with Crippen LogP contribution < -0.4 is 10.6 Å². The smallest absolute Gasteiger partial charge is 0.357 e. The van der Waals surface area contributed by atoms with Crippen molar-refractivity contribution in [2.75, 3.05) is 13.1 Å². The number of halogens is 4. The maximum atomic E-state index is 13.3. The second kappa shape index (κ2) is 11.1. The first kappa shape index (κ1) is 25.4. The molecule has 3 rings (SSSR count). The minimum absolute atomic E-state index is 0. The molecule has 0 bridgehead atoms. The minimum atomic E-state index is -4.34. The quantitative estimate of drug-likeness (QED) is 0.318. The molecule has 172 valence electrons. The lowest BCUT2D eigenvalue weighted by Gasteiger charge is -2.38. The van der Waals surface area contributed by atoms with Gasteiger partial charge in [-0.25, -0.2) is 9.98 Å². The number of guanidine groups is 1. The monoisotopic (exact) mass is 550 g/mol. The summed E-state index contributed by atoms with van der Waals surface area (Å²) in [7, 11) is 1.81. The highest BCUT2D eigenvalue weighted by Gasteiger charge is 2.37. The summed E-state index contributed by atoms with van der Waals surface area (Å²) >= 11 is 0. The zero-order valence-corrected chi connectivity index (χ0v) is 20.2. The molecule has 0 amide bonds. The lowest BCUT2D eigenvalue weighted by atomic mass is 9.69. The summed E-state index contributed by atoms with van der Waals surface area (Å²) in [6, 6.07) is 5.80. The average Bonchev–Trinajstić information content (AvgIpc) is 3.15. The first-order chi connectivity index (χ1) is 14.3. The molecule has 2 N–H and O–H groups in total. The van der Waals surface area contributed by atoms with Crippen molar-refractivity contribution >= 4 is 29.9 Å². The largest absolute Gasteiger partial charge is 0.416 e. The number of aliphatic imine (C=N–C) groups is 1. The van der Waals surface area contributed by atoms with Crippen LogP contribution in [0.2, 0.25) is 0 Å². The molecule has 1 aromatic heterocycles. The van der Waals surface area contributed by atoms with E-state index in [2.05, 4.69) is 25.7 Å². The second-order valence-electron chi connectivity index (χ2n) is 7.77. The van der Waals surface area contributed by atoms with Crippen LogP contribution in [0.5, 0.6) is 0 Å². The molecule has 0 radical (unpaired) electrons. The van der Waals surface area contributed by atoms with Crippen molar-refractivity contribution in [1.82, 2.24) is 25.4 Å². The molecule has 0 atom stereocenters. The summed E-state index contributed by atoms with van der Waals surface area (Å²) < 4.78 is 41.5. The first-order valence-corrected chi connectivity index (χ1v) is 10.4. The normalized spacial score (nSPS) is 16.5. The van der Waals surface area contributed by atoms with Gasteiger partial charge in [0.25, 0.3) is 0 Å². The Morgan fingerprint density at radius 2 is 1.94 bits per heavy atom. The highest BCUT2D eigenvalue weighted by Crippen LogP contribution is 2.41. The predicted molar refractivity (Wildman–Crippen MR) is 125 cm³/mol. The number of hydrogen-bond acceptors (Lipinski definition) is 3. The number of nitrogens with zero attached hydrogens (tertiary/aromatic N) is 4. The van der Waals surface area contributed by atoms with Crippen LogP contribution in [0.15, 0.2) is 35.6 Å². The van der Waals surface area contributed by atoms with Crippen LogP contribution in [0, 0.1) is 0 Å². The van der Waals surface area contributed by atoms with E-state index < -0.39 is 11.7 Å². The third kappa shape index (κ3) is 6.56. The van der Waals surface area contributed by atoms with Crippen LogP contribution in [-0.4, -0.2) is 33.8 Å². The van der Waals surface area contributed by atoms with E-state index in [9.17, 15) is 13.2 Å². The molecular weight excluding hydrogens is 520 g/mol. The van der Waals surface area contributed by atoms with Gasteiger partial charge in [-0.3, -0.25) is 4.68 Å². The van der Waals surface area contributed by atoms with Crippen molar-refractivity contribution < 1.29 is 13.2 Å². The van der Waals surface area contributed by atoms with Crippen LogP contribution in [0.1, 0.15) is 56.0 Å². The summed E-state index contributed by atoms with van der Waals surface area (Å²) in [6.45, 7) is 3.55. The van der Waals surface area contributed by atoms with Crippen molar-refractivity contribution in [3.8, 4) is 0 Å². The molecule has 31 heavy (non-hydrogen) atoms. The molecule has 1 aliphatic rings. The predicted octanol–water partition coefficient (Wildman–Crippen LogP) is 4.41. The lowest BCUT2D eigenvalue weighted by molar-refractivity contribution is -0.137. The van der Waals surface area contributed by atoms with Crippen LogP contribution in [0.3, 0.4) is 0 Å². The molecule has 0 aliphatic heterocycles. The molecule has 1 aliphatic carbocycles. The number of benzene rings is 1. The van der Waals surface area contributed by atoms with Gasteiger partial charge >= 0.3 is 6.18 Å². The van der Waals surface area contributed by atoms with Crippen molar-refractivity contribution in [3.05, 3.63) is 47.5 Å². The molecule has 2 aromatic rings. The average molecular weight is 550 g/mol. The fourth-order valence-corrected chi connectivity index (χ4v) is 4.03. The lowest BCUT2D eigenvalue weighted by Crippen LogP contribution is -2.46. The summed E-state index contributed by atoms with van der Waals surface area (Å²) in [5, 5.41) is 10.6. The van der Waals surface area contributed by atoms with Gasteiger partial charge in [-0.2, -0.15) is 18.3 Å². The maximum absolute atomic E-state index is 13.3. The van der Waals surface area contributed by atoms with Gasteiger partial charge in [-0.05, 0) is 31.4 Å². The summed E-state index contributed by atoms with van der Waals surface area (Å²) in [6.07, 6.45) is 1.96. The molecule has 1 fully saturated rings. The highest BCUT2D eigenvalue weighted by atomic mass is 127. The summed E-state index contributed by atoms with van der Waals surface area (Å²) in [5.74, 6) is 1.36. The molecule has 10 heteroatoms. The van der Waals surface area contributed by atoms with Gasteiger partial charge in [0.2, 0.25) is 0 Å². The van der Waals surface area contributed by atoms with Gasteiger partial charge in [0.15, 0.2) is 5.96 Å². The molecule has 0 unspecified atom stereocenters. The Morgan fingerprint density at radius 1 is 1.19 bits per heavy atom.